The lowest BCUT2D eigenvalue weighted by Crippen LogP contribution is -2.47. The van der Waals surface area contributed by atoms with Crippen molar-refractivity contribution in [3.05, 3.63) is 52.6 Å². The van der Waals surface area contributed by atoms with E-state index in [9.17, 15) is 5.11 Å². The van der Waals surface area contributed by atoms with Gasteiger partial charge in [0.15, 0.2) is 0 Å². The van der Waals surface area contributed by atoms with Crippen LogP contribution in [0.4, 0.5) is 0 Å². The fraction of sp³-hybridized carbons (Fsp3) is 0.375. The van der Waals surface area contributed by atoms with Gasteiger partial charge in [-0.2, -0.15) is 0 Å². The van der Waals surface area contributed by atoms with Crippen molar-refractivity contribution >= 4 is 0 Å². The highest BCUT2D eigenvalue weighted by molar-refractivity contribution is 5.52. The number of phenols is 1. The average Bonchev–Trinajstić information content (AvgIpc) is 2.26. The summed E-state index contributed by atoms with van der Waals surface area (Å²) in [6.07, 6.45) is 6.32. The largest absolute Gasteiger partial charge is 0.508 e. The Morgan fingerprint density at radius 2 is 2.22 bits per heavy atom. The lowest BCUT2D eigenvalue weighted by molar-refractivity contribution is 0.411. The van der Waals surface area contributed by atoms with Crippen molar-refractivity contribution in [2.24, 2.45) is 11.7 Å². The predicted octanol–water partition coefficient (Wildman–Crippen LogP) is 3.01. The van der Waals surface area contributed by atoms with Crippen LogP contribution < -0.4 is 5.73 Å². The smallest absolute Gasteiger partial charge is 0.115 e. The summed E-state index contributed by atoms with van der Waals surface area (Å²) in [6, 6.07) is 5.60. The van der Waals surface area contributed by atoms with Gasteiger partial charge in [0.25, 0.3) is 0 Å². The van der Waals surface area contributed by atoms with E-state index in [1.54, 1.807) is 6.07 Å². The van der Waals surface area contributed by atoms with Crippen LogP contribution in [0.1, 0.15) is 31.4 Å². The molecule has 0 radical (unpaired) electrons. The van der Waals surface area contributed by atoms with Crippen molar-refractivity contribution < 1.29 is 5.11 Å². The molecule has 0 unspecified atom stereocenters. The Hall–Kier alpha value is -1.54. The molecule has 2 heteroatoms. The van der Waals surface area contributed by atoms with E-state index in [4.69, 9.17) is 5.73 Å². The van der Waals surface area contributed by atoms with Gasteiger partial charge in [0.2, 0.25) is 0 Å². The number of hydrogen-bond acceptors (Lipinski definition) is 2. The number of nitrogens with two attached hydrogens (primary N) is 1. The summed E-state index contributed by atoms with van der Waals surface area (Å²) in [5.41, 5.74) is 11.4. The Bertz CT molecular complexity index is 570. The maximum absolute atomic E-state index is 9.64. The molecule has 2 atom stereocenters. The number of hydrogen-bond donors (Lipinski definition) is 2. The Morgan fingerprint density at radius 3 is 2.94 bits per heavy atom. The zero-order chi connectivity index (χ0) is 12.9. The lowest BCUT2D eigenvalue weighted by atomic mass is 9.62. The van der Waals surface area contributed by atoms with Crippen LogP contribution in [0, 0.1) is 5.92 Å². The molecule has 0 spiro atoms. The van der Waals surface area contributed by atoms with Crippen LogP contribution in [0.25, 0.3) is 0 Å². The predicted molar refractivity (Wildman–Crippen MR) is 73.3 cm³/mol. The Balaban J connectivity index is 2.25. The lowest BCUT2D eigenvalue weighted by Gasteiger charge is -2.45. The van der Waals surface area contributed by atoms with Crippen LogP contribution in [0.3, 0.4) is 0 Å². The number of rotatable bonds is 0. The van der Waals surface area contributed by atoms with E-state index >= 15 is 0 Å². The van der Waals surface area contributed by atoms with Gasteiger partial charge in [-0.25, -0.2) is 0 Å². The molecule has 2 nitrogen and oxygen atoms in total. The van der Waals surface area contributed by atoms with Crippen molar-refractivity contribution in [1.82, 2.24) is 0 Å². The number of benzene rings is 1. The molecule has 0 amide bonds. The molecule has 3 rings (SSSR count). The van der Waals surface area contributed by atoms with Gasteiger partial charge in [0, 0.05) is 5.92 Å². The molecule has 0 fully saturated rings. The Morgan fingerprint density at radius 1 is 1.44 bits per heavy atom. The molecule has 0 saturated carbocycles. The first-order valence-electron chi connectivity index (χ1n) is 6.50. The van der Waals surface area contributed by atoms with E-state index < -0.39 is 0 Å². The molecule has 94 valence electrons. The third-order valence-corrected chi connectivity index (χ3v) is 4.28. The fourth-order valence-corrected chi connectivity index (χ4v) is 3.68. The second-order valence-electron chi connectivity index (χ2n) is 5.56. The molecular weight excluding hydrogens is 222 g/mol. The summed E-state index contributed by atoms with van der Waals surface area (Å²) in [6.45, 7) is 4.23. The summed E-state index contributed by atoms with van der Waals surface area (Å²) in [5, 5.41) is 9.64. The number of fused-ring (bicyclic) bond motifs is 4. The van der Waals surface area contributed by atoms with Crippen molar-refractivity contribution in [1.29, 1.82) is 0 Å². The van der Waals surface area contributed by atoms with Gasteiger partial charge in [-0.1, -0.05) is 23.8 Å². The topological polar surface area (TPSA) is 46.2 Å². The minimum Gasteiger partial charge on any atom is -0.508 e. The molecule has 3 N–H and O–H groups in total. The van der Waals surface area contributed by atoms with Gasteiger partial charge >= 0.3 is 0 Å². The summed E-state index contributed by atoms with van der Waals surface area (Å²) in [7, 11) is 0. The maximum Gasteiger partial charge on any atom is 0.115 e. The van der Waals surface area contributed by atoms with E-state index in [0.29, 0.717) is 11.7 Å². The molecule has 18 heavy (non-hydrogen) atoms. The zero-order valence-electron chi connectivity index (χ0n) is 10.9. The molecule has 2 aliphatic rings. The third kappa shape index (κ3) is 1.45. The van der Waals surface area contributed by atoms with Gasteiger partial charge in [-0.05, 0) is 55.5 Å². The standard InChI is InChI=1S/C16H19NO/c1-3-14-11-6-10(2)9-16(14,17)15-5-4-13(18)8-12(15)7-11/h3-6,8,11,18H,7,9,17H2,1-2H3/b14-3+/t11-,16+/m1/s1. The van der Waals surface area contributed by atoms with Crippen molar-refractivity contribution in [3.63, 3.8) is 0 Å². The summed E-state index contributed by atoms with van der Waals surface area (Å²) in [5.74, 6) is 0.725. The zero-order valence-corrected chi connectivity index (χ0v) is 10.9. The molecule has 2 bridgehead atoms. The minimum atomic E-state index is -0.375. The monoisotopic (exact) mass is 241 g/mol. The second kappa shape index (κ2) is 3.72. The van der Waals surface area contributed by atoms with Crippen molar-refractivity contribution in [2.75, 3.05) is 0 Å². The molecule has 0 aromatic heterocycles. The van der Waals surface area contributed by atoms with E-state index in [1.807, 2.05) is 12.1 Å². The summed E-state index contributed by atoms with van der Waals surface area (Å²) in [4.78, 5) is 0. The molecule has 0 saturated heterocycles. The number of aromatic hydroxyl groups is 1. The quantitative estimate of drug-likeness (QED) is 0.686. The highest BCUT2D eigenvalue weighted by Crippen LogP contribution is 2.48. The molecule has 0 aliphatic heterocycles. The van der Waals surface area contributed by atoms with E-state index in [-0.39, 0.29) is 5.54 Å². The van der Waals surface area contributed by atoms with Crippen molar-refractivity contribution in [3.8, 4) is 5.75 Å². The summed E-state index contributed by atoms with van der Waals surface area (Å²) >= 11 is 0. The maximum atomic E-state index is 9.64. The average molecular weight is 241 g/mol. The first kappa shape index (κ1) is 11.5. The molecule has 0 heterocycles. The highest BCUT2D eigenvalue weighted by Gasteiger charge is 2.43. The van der Waals surface area contributed by atoms with Crippen LogP contribution in [0.2, 0.25) is 0 Å². The molecule has 1 aromatic carbocycles. The molecule has 2 aliphatic carbocycles. The van der Waals surface area contributed by atoms with Crippen LogP contribution in [-0.4, -0.2) is 5.11 Å². The van der Waals surface area contributed by atoms with E-state index in [1.165, 1.54) is 22.3 Å². The van der Waals surface area contributed by atoms with Crippen LogP contribution in [-0.2, 0) is 12.0 Å². The highest BCUT2D eigenvalue weighted by atomic mass is 16.3. The molecular formula is C16H19NO. The van der Waals surface area contributed by atoms with Crippen LogP contribution >= 0.6 is 0 Å². The normalized spacial score (nSPS) is 32.1. The van der Waals surface area contributed by atoms with Crippen LogP contribution in [0.5, 0.6) is 5.75 Å². The Kier molecular flexibility index (Phi) is 2.39. The fourth-order valence-electron chi connectivity index (χ4n) is 3.68. The van der Waals surface area contributed by atoms with Crippen LogP contribution in [0.15, 0.2) is 41.5 Å². The SMILES string of the molecule is C/C=C1\[C@@H]2C=C(C)C[C@@]1(N)c1ccc(O)cc1C2. The minimum absolute atomic E-state index is 0.333. The van der Waals surface area contributed by atoms with Crippen molar-refractivity contribution in [2.45, 2.75) is 32.2 Å². The Labute approximate surface area is 108 Å². The first-order chi connectivity index (χ1) is 8.54. The van der Waals surface area contributed by atoms with Gasteiger partial charge < -0.3 is 10.8 Å². The van der Waals surface area contributed by atoms with Gasteiger partial charge in [-0.15, -0.1) is 0 Å². The third-order valence-electron chi connectivity index (χ3n) is 4.28. The number of phenolic OH excluding ortho intramolecular Hbond substituents is 1. The summed E-state index contributed by atoms with van der Waals surface area (Å²) < 4.78 is 0. The van der Waals surface area contributed by atoms with Gasteiger partial charge in [-0.3, -0.25) is 0 Å². The first-order valence-corrected chi connectivity index (χ1v) is 6.50. The number of allylic oxidation sites excluding steroid dienone is 2. The second-order valence-corrected chi connectivity index (χ2v) is 5.56. The van der Waals surface area contributed by atoms with Gasteiger partial charge in [0.05, 0.1) is 5.54 Å². The van der Waals surface area contributed by atoms with E-state index in [2.05, 4.69) is 26.0 Å². The van der Waals surface area contributed by atoms with E-state index in [0.717, 1.165) is 12.8 Å². The molecule has 1 aromatic rings. The van der Waals surface area contributed by atoms with Gasteiger partial charge in [0.1, 0.15) is 5.75 Å².